The molecule has 9 heavy (non-hydrogen) atoms. The maximum Gasteiger partial charge on any atom is 0.148 e. The second kappa shape index (κ2) is 2.25. The lowest BCUT2D eigenvalue weighted by Gasteiger charge is -2.20. The van der Waals surface area contributed by atoms with E-state index >= 15 is 0 Å². The summed E-state index contributed by atoms with van der Waals surface area (Å²) in [6, 6.07) is 0. The predicted molar refractivity (Wildman–Crippen MR) is 32.0 cm³/mol. The van der Waals surface area contributed by atoms with Crippen molar-refractivity contribution in [1.29, 1.82) is 0 Å². The third-order valence-electron chi connectivity index (χ3n) is 1.64. The van der Waals surface area contributed by atoms with Crippen molar-refractivity contribution in [1.82, 2.24) is 0 Å². The van der Waals surface area contributed by atoms with Crippen molar-refractivity contribution in [2.75, 3.05) is 13.4 Å². The lowest BCUT2D eigenvalue weighted by molar-refractivity contribution is 0.0120. The topological polar surface area (TPSA) is 38.7 Å². The number of rotatable bonds is 1. The molecule has 0 aliphatic carbocycles. The molecule has 0 saturated carbocycles. The lowest BCUT2D eigenvalue weighted by atomic mass is 10.0. The van der Waals surface area contributed by atoms with Crippen LogP contribution in [0.25, 0.3) is 0 Å². The molecule has 0 aromatic carbocycles. The zero-order chi connectivity index (χ0) is 6.91. The highest BCUT2D eigenvalue weighted by molar-refractivity contribution is 4.82. The summed E-state index contributed by atoms with van der Waals surface area (Å²) in [4.78, 5) is 0. The van der Waals surface area contributed by atoms with Gasteiger partial charge in [-0.05, 0) is 13.8 Å². The summed E-state index contributed by atoms with van der Waals surface area (Å²) in [5, 5.41) is 8.70. The first kappa shape index (κ1) is 6.99. The zero-order valence-corrected chi connectivity index (χ0v) is 5.76. The molecule has 0 bridgehead atoms. The van der Waals surface area contributed by atoms with E-state index in [-0.39, 0.29) is 18.3 Å². The molecular formula is C6H12O3. The maximum absolute atomic E-state index is 8.70. The summed E-state index contributed by atoms with van der Waals surface area (Å²) in [6.07, 6.45) is -0.155. The summed E-state index contributed by atoms with van der Waals surface area (Å²) < 4.78 is 10.2. The second-order valence-corrected chi connectivity index (χ2v) is 2.70. The molecular weight excluding hydrogens is 120 g/mol. The summed E-state index contributed by atoms with van der Waals surface area (Å²) >= 11 is 0. The Morgan fingerprint density at radius 2 is 2.33 bits per heavy atom. The van der Waals surface area contributed by atoms with Gasteiger partial charge in [0.25, 0.3) is 0 Å². The highest BCUT2D eigenvalue weighted by Gasteiger charge is 2.36. The highest BCUT2D eigenvalue weighted by atomic mass is 16.7. The lowest BCUT2D eigenvalue weighted by Crippen LogP contribution is -2.35. The molecule has 1 atom stereocenters. The van der Waals surface area contributed by atoms with Crippen LogP contribution in [0.2, 0.25) is 0 Å². The summed E-state index contributed by atoms with van der Waals surface area (Å²) in [6.45, 7) is 4.15. The van der Waals surface area contributed by atoms with Crippen LogP contribution < -0.4 is 0 Å². The van der Waals surface area contributed by atoms with Crippen LogP contribution in [0.1, 0.15) is 13.8 Å². The highest BCUT2D eigenvalue weighted by Crippen LogP contribution is 2.23. The number of ether oxygens (including phenoxy) is 2. The van der Waals surface area contributed by atoms with E-state index in [0.29, 0.717) is 6.79 Å². The van der Waals surface area contributed by atoms with Gasteiger partial charge in [-0.3, -0.25) is 0 Å². The fraction of sp³-hybridized carbons (Fsp3) is 1.00. The standard InChI is InChI=1S/C6H12O3/c1-6(2)5(3-7)8-4-9-6/h5,7H,3-4H2,1-2H3. The van der Waals surface area contributed by atoms with Gasteiger partial charge in [0.05, 0.1) is 12.2 Å². The Kier molecular flexibility index (Phi) is 1.75. The Bertz CT molecular complexity index is 100. The third-order valence-corrected chi connectivity index (χ3v) is 1.64. The molecule has 1 rings (SSSR count). The van der Waals surface area contributed by atoms with Gasteiger partial charge in [0.1, 0.15) is 12.9 Å². The molecule has 3 heteroatoms. The van der Waals surface area contributed by atoms with Crippen molar-refractivity contribution in [2.45, 2.75) is 25.6 Å². The van der Waals surface area contributed by atoms with Crippen LogP contribution in [0.4, 0.5) is 0 Å². The van der Waals surface area contributed by atoms with E-state index in [2.05, 4.69) is 0 Å². The van der Waals surface area contributed by atoms with Crippen LogP contribution in [-0.2, 0) is 9.47 Å². The SMILES string of the molecule is CC1(C)OCOC1CO. The quantitative estimate of drug-likeness (QED) is 0.551. The van der Waals surface area contributed by atoms with Gasteiger partial charge in [-0.25, -0.2) is 0 Å². The van der Waals surface area contributed by atoms with E-state index < -0.39 is 0 Å². The minimum absolute atomic E-state index is 0.0347. The zero-order valence-electron chi connectivity index (χ0n) is 5.76. The van der Waals surface area contributed by atoms with Crippen LogP contribution >= 0.6 is 0 Å². The fourth-order valence-electron chi connectivity index (χ4n) is 0.834. The Labute approximate surface area is 54.6 Å². The van der Waals surface area contributed by atoms with Gasteiger partial charge in [-0.1, -0.05) is 0 Å². The Hall–Kier alpha value is -0.120. The van der Waals surface area contributed by atoms with E-state index in [0.717, 1.165) is 0 Å². The molecule has 0 amide bonds. The van der Waals surface area contributed by atoms with Gasteiger partial charge < -0.3 is 14.6 Å². The minimum atomic E-state index is -0.311. The normalized spacial score (nSPS) is 33.0. The van der Waals surface area contributed by atoms with Crippen molar-refractivity contribution < 1.29 is 14.6 Å². The van der Waals surface area contributed by atoms with Crippen molar-refractivity contribution in [2.24, 2.45) is 0 Å². The van der Waals surface area contributed by atoms with Gasteiger partial charge in [-0.15, -0.1) is 0 Å². The molecule has 1 fully saturated rings. The molecule has 1 heterocycles. The van der Waals surface area contributed by atoms with Crippen LogP contribution in [0.3, 0.4) is 0 Å². The first-order chi connectivity index (χ1) is 4.17. The Balaban J connectivity index is 2.52. The summed E-state index contributed by atoms with van der Waals surface area (Å²) in [5.74, 6) is 0. The predicted octanol–water partition coefficient (Wildman–Crippen LogP) is 0.130. The van der Waals surface area contributed by atoms with Crippen LogP contribution in [0, 0.1) is 0 Å². The third kappa shape index (κ3) is 1.23. The second-order valence-electron chi connectivity index (χ2n) is 2.70. The van der Waals surface area contributed by atoms with Crippen molar-refractivity contribution in [3.63, 3.8) is 0 Å². The van der Waals surface area contributed by atoms with E-state index in [1.807, 2.05) is 13.8 Å². The average Bonchev–Trinajstić information content (AvgIpc) is 2.08. The molecule has 1 aliphatic rings. The largest absolute Gasteiger partial charge is 0.394 e. The molecule has 54 valence electrons. The molecule has 0 radical (unpaired) electrons. The minimum Gasteiger partial charge on any atom is -0.394 e. The van der Waals surface area contributed by atoms with Gasteiger partial charge in [0, 0.05) is 0 Å². The maximum atomic E-state index is 8.70. The van der Waals surface area contributed by atoms with Crippen LogP contribution in [0.5, 0.6) is 0 Å². The van der Waals surface area contributed by atoms with Gasteiger partial charge in [0.15, 0.2) is 0 Å². The molecule has 0 aromatic heterocycles. The fourth-order valence-corrected chi connectivity index (χ4v) is 0.834. The van der Waals surface area contributed by atoms with Gasteiger partial charge in [-0.2, -0.15) is 0 Å². The number of hydrogen-bond acceptors (Lipinski definition) is 3. The van der Waals surface area contributed by atoms with E-state index in [1.165, 1.54) is 0 Å². The summed E-state index contributed by atoms with van der Waals surface area (Å²) in [5.41, 5.74) is -0.311. The van der Waals surface area contributed by atoms with E-state index in [9.17, 15) is 0 Å². The molecule has 1 N–H and O–H groups in total. The van der Waals surface area contributed by atoms with Crippen molar-refractivity contribution in [3.05, 3.63) is 0 Å². The van der Waals surface area contributed by atoms with Gasteiger partial charge >= 0.3 is 0 Å². The smallest absolute Gasteiger partial charge is 0.148 e. The number of aliphatic hydroxyl groups is 1. The first-order valence-corrected chi connectivity index (χ1v) is 3.03. The van der Waals surface area contributed by atoms with Gasteiger partial charge in [0.2, 0.25) is 0 Å². The van der Waals surface area contributed by atoms with Crippen LogP contribution in [0.15, 0.2) is 0 Å². The monoisotopic (exact) mass is 132 g/mol. The van der Waals surface area contributed by atoms with Crippen molar-refractivity contribution >= 4 is 0 Å². The molecule has 0 aromatic rings. The van der Waals surface area contributed by atoms with E-state index in [1.54, 1.807) is 0 Å². The number of aliphatic hydroxyl groups excluding tert-OH is 1. The molecule has 1 unspecified atom stereocenters. The van der Waals surface area contributed by atoms with Crippen LogP contribution in [-0.4, -0.2) is 30.2 Å². The van der Waals surface area contributed by atoms with Crippen molar-refractivity contribution in [3.8, 4) is 0 Å². The average molecular weight is 132 g/mol. The van der Waals surface area contributed by atoms with E-state index in [4.69, 9.17) is 14.6 Å². The Morgan fingerprint density at radius 1 is 1.67 bits per heavy atom. The molecule has 1 saturated heterocycles. The molecule has 1 aliphatic heterocycles. The molecule has 0 spiro atoms. The Morgan fingerprint density at radius 3 is 2.56 bits per heavy atom. The summed E-state index contributed by atoms with van der Waals surface area (Å²) in [7, 11) is 0. The first-order valence-electron chi connectivity index (χ1n) is 3.03. The molecule has 3 nitrogen and oxygen atoms in total. The number of hydrogen-bond donors (Lipinski definition) is 1.